The fourth-order valence-electron chi connectivity index (χ4n) is 5.98. The number of nitrogens with zero attached hydrogens (tertiary/aromatic N) is 1. The van der Waals surface area contributed by atoms with Crippen molar-refractivity contribution in [3.8, 4) is 0 Å². The number of nitrogens with one attached hydrogen (secondary N) is 2. The Balaban J connectivity index is 1.25. The average Bonchev–Trinajstić information content (AvgIpc) is 3.06. The van der Waals surface area contributed by atoms with Gasteiger partial charge in [0.15, 0.2) is 5.13 Å². The van der Waals surface area contributed by atoms with E-state index in [1.807, 2.05) is 0 Å². The first-order valence-electron chi connectivity index (χ1n) is 10.3. The van der Waals surface area contributed by atoms with Gasteiger partial charge in [-0.1, -0.05) is 6.42 Å². The van der Waals surface area contributed by atoms with Crippen molar-refractivity contribution in [3.05, 3.63) is 11.1 Å². The van der Waals surface area contributed by atoms with Crippen LogP contribution in [-0.2, 0) is 10.2 Å². The molecule has 0 saturated heterocycles. The summed E-state index contributed by atoms with van der Waals surface area (Å²) in [6.45, 7) is 0.567. The fourth-order valence-corrected chi connectivity index (χ4v) is 6.83. The van der Waals surface area contributed by atoms with Crippen molar-refractivity contribution in [2.75, 3.05) is 11.9 Å². The van der Waals surface area contributed by atoms with Gasteiger partial charge in [0.05, 0.1) is 5.69 Å². The highest BCUT2D eigenvalue weighted by Gasteiger charge is 2.52. The molecule has 0 spiro atoms. The number of hydrogen-bond acceptors (Lipinski definition) is 4. The van der Waals surface area contributed by atoms with Crippen molar-refractivity contribution in [1.82, 2.24) is 10.3 Å². The number of carbonyl (C=O) groups is 2. The number of hydrogen-bond donors (Lipinski definition) is 3. The first-order valence-corrected chi connectivity index (χ1v) is 11.2. The molecule has 0 aliphatic heterocycles. The maximum Gasteiger partial charge on any atom is 0.312 e. The third-order valence-electron chi connectivity index (χ3n) is 6.71. The fraction of sp³-hybridized carbons (Fsp3) is 0.750. The lowest BCUT2D eigenvalue weighted by atomic mass is 9.49. The second-order valence-corrected chi connectivity index (χ2v) is 9.74. The van der Waals surface area contributed by atoms with E-state index < -0.39 is 6.03 Å². The molecule has 4 fully saturated rings. The quantitative estimate of drug-likeness (QED) is 0.589. The maximum absolute atomic E-state index is 12.2. The Morgan fingerprint density at radius 3 is 2.41 bits per heavy atom. The van der Waals surface area contributed by atoms with Crippen molar-refractivity contribution in [2.45, 2.75) is 69.6 Å². The second kappa shape index (κ2) is 7.78. The molecule has 7 heteroatoms. The van der Waals surface area contributed by atoms with E-state index in [1.54, 1.807) is 11.3 Å². The normalized spacial score (nSPS) is 31.0. The number of amides is 3. The van der Waals surface area contributed by atoms with Crippen molar-refractivity contribution in [3.63, 3.8) is 0 Å². The smallest absolute Gasteiger partial charge is 0.312 e. The number of thiazole rings is 1. The summed E-state index contributed by atoms with van der Waals surface area (Å²) in [6.07, 6.45) is 11.2. The first kappa shape index (κ1) is 18.7. The zero-order valence-corrected chi connectivity index (χ0v) is 16.7. The SMILES string of the molecule is NC(=O)NCCCCCC(=O)Nc1nc(C23CC4CC(CC(C4)C2)C3)cs1. The van der Waals surface area contributed by atoms with E-state index in [4.69, 9.17) is 10.7 Å². The van der Waals surface area contributed by atoms with Gasteiger partial charge in [-0.05, 0) is 69.1 Å². The topological polar surface area (TPSA) is 97.1 Å². The molecule has 3 amide bonds. The van der Waals surface area contributed by atoms with Crippen molar-refractivity contribution < 1.29 is 9.59 Å². The van der Waals surface area contributed by atoms with Gasteiger partial charge in [-0.3, -0.25) is 4.79 Å². The third-order valence-corrected chi connectivity index (χ3v) is 7.47. The summed E-state index contributed by atoms with van der Waals surface area (Å²) in [4.78, 5) is 27.6. The van der Waals surface area contributed by atoms with Gasteiger partial charge in [0.1, 0.15) is 0 Å². The molecule has 0 radical (unpaired) electrons. The third kappa shape index (κ3) is 4.28. The first-order chi connectivity index (χ1) is 13.0. The number of urea groups is 1. The highest BCUT2D eigenvalue weighted by molar-refractivity contribution is 7.13. The van der Waals surface area contributed by atoms with Crippen molar-refractivity contribution in [2.24, 2.45) is 23.5 Å². The molecule has 0 atom stereocenters. The predicted octanol–water partition coefficient (Wildman–Crippen LogP) is 3.78. The minimum atomic E-state index is -0.494. The zero-order chi connectivity index (χ0) is 18.9. The highest BCUT2D eigenvalue weighted by atomic mass is 32.1. The Hall–Kier alpha value is -1.63. The lowest BCUT2D eigenvalue weighted by Crippen LogP contribution is -2.48. The molecule has 4 bridgehead atoms. The second-order valence-electron chi connectivity index (χ2n) is 8.89. The van der Waals surface area contributed by atoms with E-state index in [0.29, 0.717) is 18.4 Å². The van der Waals surface area contributed by atoms with Crippen LogP contribution in [0.1, 0.15) is 69.9 Å². The van der Waals surface area contributed by atoms with Gasteiger partial charge >= 0.3 is 6.03 Å². The van der Waals surface area contributed by atoms with Crippen LogP contribution in [0.4, 0.5) is 9.93 Å². The minimum Gasteiger partial charge on any atom is -0.352 e. The van der Waals surface area contributed by atoms with Crippen LogP contribution in [0.25, 0.3) is 0 Å². The summed E-state index contributed by atoms with van der Waals surface area (Å²) in [6, 6.07) is -0.494. The average molecular weight is 391 g/mol. The molecule has 27 heavy (non-hydrogen) atoms. The summed E-state index contributed by atoms with van der Waals surface area (Å²) in [5.74, 6) is 2.74. The zero-order valence-electron chi connectivity index (χ0n) is 15.8. The van der Waals surface area contributed by atoms with Crippen LogP contribution in [0.5, 0.6) is 0 Å². The summed E-state index contributed by atoms with van der Waals surface area (Å²) in [5, 5.41) is 8.49. The van der Waals surface area contributed by atoms with Crippen LogP contribution < -0.4 is 16.4 Å². The highest BCUT2D eigenvalue weighted by Crippen LogP contribution is 2.60. The Kier molecular flexibility index (Phi) is 5.39. The van der Waals surface area contributed by atoms with Gasteiger partial charge in [-0.15, -0.1) is 11.3 Å². The van der Waals surface area contributed by atoms with Crippen molar-refractivity contribution in [1.29, 1.82) is 0 Å². The predicted molar refractivity (Wildman–Crippen MR) is 107 cm³/mol. The molecular weight excluding hydrogens is 360 g/mol. The summed E-state index contributed by atoms with van der Waals surface area (Å²) >= 11 is 1.57. The van der Waals surface area contributed by atoms with Gasteiger partial charge in [-0.2, -0.15) is 0 Å². The Labute approximate surface area is 164 Å². The molecule has 4 aliphatic carbocycles. The van der Waals surface area contributed by atoms with E-state index in [1.165, 1.54) is 44.2 Å². The van der Waals surface area contributed by atoms with Crippen LogP contribution in [0, 0.1) is 17.8 Å². The molecule has 6 nitrogen and oxygen atoms in total. The Morgan fingerprint density at radius 1 is 1.11 bits per heavy atom. The molecule has 0 aromatic carbocycles. The van der Waals surface area contributed by atoms with Gasteiger partial charge < -0.3 is 16.4 Å². The van der Waals surface area contributed by atoms with Crippen molar-refractivity contribution >= 4 is 28.4 Å². The van der Waals surface area contributed by atoms with Gasteiger partial charge in [0, 0.05) is 23.8 Å². The van der Waals surface area contributed by atoms with Gasteiger partial charge in [0.25, 0.3) is 0 Å². The number of anilines is 1. The maximum atomic E-state index is 12.2. The largest absolute Gasteiger partial charge is 0.352 e. The lowest BCUT2D eigenvalue weighted by Gasteiger charge is -2.56. The molecule has 1 heterocycles. The molecule has 1 aromatic rings. The molecule has 4 N–H and O–H groups in total. The summed E-state index contributed by atoms with van der Waals surface area (Å²) < 4.78 is 0. The van der Waals surface area contributed by atoms with E-state index in [2.05, 4.69) is 16.0 Å². The number of aromatic nitrogens is 1. The van der Waals surface area contributed by atoms with Crippen LogP contribution in [0.2, 0.25) is 0 Å². The molecular formula is C20H30N4O2S. The number of rotatable bonds is 8. The Bertz CT molecular complexity index is 667. The number of unbranched alkanes of at least 4 members (excludes halogenated alkanes) is 2. The van der Waals surface area contributed by atoms with Gasteiger partial charge in [-0.25, -0.2) is 9.78 Å². The molecule has 5 rings (SSSR count). The molecule has 1 aromatic heterocycles. The minimum absolute atomic E-state index is 0.0317. The summed E-state index contributed by atoms with van der Waals surface area (Å²) in [7, 11) is 0. The van der Waals surface area contributed by atoms with Crippen LogP contribution in [0.15, 0.2) is 5.38 Å². The van der Waals surface area contributed by atoms with Crippen LogP contribution in [0.3, 0.4) is 0 Å². The lowest BCUT2D eigenvalue weighted by molar-refractivity contribution is -0.116. The van der Waals surface area contributed by atoms with Gasteiger partial charge in [0.2, 0.25) is 5.91 Å². The molecule has 4 aliphatic rings. The van der Waals surface area contributed by atoms with Crippen LogP contribution >= 0.6 is 11.3 Å². The summed E-state index contributed by atoms with van der Waals surface area (Å²) in [5.41, 5.74) is 6.55. The van der Waals surface area contributed by atoms with E-state index in [-0.39, 0.29) is 5.91 Å². The van der Waals surface area contributed by atoms with E-state index >= 15 is 0 Å². The molecule has 4 saturated carbocycles. The van der Waals surface area contributed by atoms with E-state index in [0.717, 1.165) is 42.1 Å². The Morgan fingerprint density at radius 2 is 1.78 bits per heavy atom. The molecule has 148 valence electrons. The number of nitrogens with two attached hydrogens (primary N) is 1. The molecule has 0 unspecified atom stereocenters. The van der Waals surface area contributed by atoms with E-state index in [9.17, 15) is 9.59 Å². The monoisotopic (exact) mass is 390 g/mol. The number of primary amides is 1. The standard InChI is InChI=1S/C20H30N4O2S/c21-18(26)22-5-3-1-2-4-17(25)24-19-23-16(12-27-19)20-9-13-6-14(10-20)8-15(7-13)11-20/h12-15H,1-11H2,(H3,21,22,26)(H,23,24,25). The van der Waals surface area contributed by atoms with Crippen LogP contribution in [-0.4, -0.2) is 23.5 Å². The number of carbonyl (C=O) groups excluding carboxylic acids is 2.